The molecular formula is C9H7IO2. The van der Waals surface area contributed by atoms with E-state index in [2.05, 4.69) is 0 Å². The van der Waals surface area contributed by atoms with E-state index in [1.54, 1.807) is 16.2 Å². The highest BCUT2D eigenvalue weighted by molar-refractivity contribution is 14.1. The summed E-state index contributed by atoms with van der Waals surface area (Å²) >= 11 is 1.96. The van der Waals surface area contributed by atoms with Crippen LogP contribution in [0.3, 0.4) is 0 Å². The Balaban J connectivity index is 2.59. The second-order valence-corrected chi connectivity index (χ2v) is 2.75. The number of hydrogen-bond acceptors (Lipinski definition) is 2. The Morgan fingerprint density at radius 3 is 2.58 bits per heavy atom. The first-order valence-electron chi connectivity index (χ1n) is 3.36. The molecule has 0 radical (unpaired) electrons. The van der Waals surface area contributed by atoms with Crippen LogP contribution in [0.25, 0.3) is 0 Å². The number of carbonyl (C=O) groups is 1. The molecule has 0 unspecified atom stereocenters. The summed E-state index contributed by atoms with van der Waals surface area (Å²) in [6.45, 7) is 0. The molecule has 0 spiro atoms. The van der Waals surface area contributed by atoms with Crippen molar-refractivity contribution in [2.24, 2.45) is 0 Å². The third-order valence-electron chi connectivity index (χ3n) is 1.16. The van der Waals surface area contributed by atoms with E-state index in [1.807, 2.05) is 40.8 Å². The highest BCUT2D eigenvalue weighted by atomic mass is 127. The van der Waals surface area contributed by atoms with E-state index in [-0.39, 0.29) is 5.97 Å². The zero-order valence-electron chi connectivity index (χ0n) is 6.24. The summed E-state index contributed by atoms with van der Waals surface area (Å²) in [6, 6.07) is 8.97. The van der Waals surface area contributed by atoms with Crippen LogP contribution in [-0.2, 0) is 4.79 Å². The molecule has 12 heavy (non-hydrogen) atoms. The molecule has 0 amide bonds. The SMILES string of the molecule is O=C(/C=C/I)Oc1ccccc1. The van der Waals surface area contributed by atoms with E-state index in [4.69, 9.17) is 4.74 Å². The number of carbonyl (C=O) groups excluding carboxylic acids is 1. The average Bonchev–Trinajstić information content (AvgIpc) is 2.06. The zero-order valence-corrected chi connectivity index (χ0v) is 8.39. The maximum atomic E-state index is 10.9. The molecule has 2 nitrogen and oxygen atoms in total. The molecule has 0 aromatic heterocycles. The van der Waals surface area contributed by atoms with Crippen LogP contribution >= 0.6 is 22.6 Å². The molecule has 0 atom stereocenters. The zero-order chi connectivity index (χ0) is 8.81. The lowest BCUT2D eigenvalue weighted by atomic mass is 10.3. The summed E-state index contributed by atoms with van der Waals surface area (Å²) < 4.78 is 6.54. The van der Waals surface area contributed by atoms with Crippen LogP contribution in [0, 0.1) is 0 Å². The van der Waals surface area contributed by atoms with Gasteiger partial charge in [-0.05, 0) is 16.2 Å². The van der Waals surface area contributed by atoms with Gasteiger partial charge in [0.05, 0.1) is 0 Å². The number of para-hydroxylation sites is 1. The van der Waals surface area contributed by atoms with E-state index >= 15 is 0 Å². The molecule has 1 rings (SSSR count). The maximum absolute atomic E-state index is 10.9. The molecule has 0 aliphatic rings. The van der Waals surface area contributed by atoms with Gasteiger partial charge in [0.15, 0.2) is 0 Å². The van der Waals surface area contributed by atoms with Gasteiger partial charge in [0, 0.05) is 6.08 Å². The molecule has 0 bridgehead atoms. The van der Waals surface area contributed by atoms with Gasteiger partial charge in [-0.15, -0.1) is 0 Å². The van der Waals surface area contributed by atoms with Crippen LogP contribution in [0.1, 0.15) is 0 Å². The van der Waals surface area contributed by atoms with Crippen molar-refractivity contribution in [1.29, 1.82) is 0 Å². The molecule has 0 saturated carbocycles. The van der Waals surface area contributed by atoms with Crippen molar-refractivity contribution >= 4 is 28.6 Å². The monoisotopic (exact) mass is 274 g/mol. The van der Waals surface area contributed by atoms with E-state index in [9.17, 15) is 4.79 Å². The van der Waals surface area contributed by atoms with Crippen molar-refractivity contribution in [3.63, 3.8) is 0 Å². The summed E-state index contributed by atoms with van der Waals surface area (Å²) in [7, 11) is 0. The summed E-state index contributed by atoms with van der Waals surface area (Å²) in [6.07, 6.45) is 1.37. The second-order valence-electron chi connectivity index (χ2n) is 2.03. The molecule has 0 heterocycles. The number of benzene rings is 1. The van der Waals surface area contributed by atoms with Crippen LogP contribution in [0.4, 0.5) is 0 Å². The van der Waals surface area contributed by atoms with Gasteiger partial charge in [-0.2, -0.15) is 0 Å². The van der Waals surface area contributed by atoms with Crippen LogP contribution in [0.15, 0.2) is 40.5 Å². The Morgan fingerprint density at radius 2 is 2.00 bits per heavy atom. The highest BCUT2D eigenvalue weighted by Gasteiger charge is 1.96. The maximum Gasteiger partial charge on any atom is 0.336 e. The minimum Gasteiger partial charge on any atom is -0.423 e. The number of hydrogen-bond donors (Lipinski definition) is 0. The molecular weight excluding hydrogens is 267 g/mol. The Morgan fingerprint density at radius 1 is 1.33 bits per heavy atom. The fraction of sp³-hybridized carbons (Fsp3) is 0. The first kappa shape index (κ1) is 9.25. The topological polar surface area (TPSA) is 26.3 Å². The minimum atomic E-state index is -0.351. The van der Waals surface area contributed by atoms with Gasteiger partial charge in [-0.3, -0.25) is 0 Å². The van der Waals surface area contributed by atoms with Gasteiger partial charge >= 0.3 is 5.97 Å². The third kappa shape index (κ3) is 3.04. The van der Waals surface area contributed by atoms with E-state index in [0.29, 0.717) is 5.75 Å². The third-order valence-corrected chi connectivity index (χ3v) is 1.52. The first-order valence-corrected chi connectivity index (χ1v) is 4.61. The van der Waals surface area contributed by atoms with E-state index in [0.717, 1.165) is 0 Å². The van der Waals surface area contributed by atoms with Crippen LogP contribution in [0.5, 0.6) is 5.75 Å². The minimum absolute atomic E-state index is 0.351. The van der Waals surface area contributed by atoms with Crippen molar-refractivity contribution in [3.05, 3.63) is 40.5 Å². The fourth-order valence-corrected chi connectivity index (χ4v) is 0.984. The number of ether oxygens (including phenoxy) is 1. The van der Waals surface area contributed by atoms with Crippen LogP contribution in [0.2, 0.25) is 0 Å². The quantitative estimate of drug-likeness (QED) is 0.358. The Hall–Kier alpha value is -0.840. The summed E-state index contributed by atoms with van der Waals surface area (Å²) in [4.78, 5) is 10.9. The second kappa shape index (κ2) is 4.92. The summed E-state index contributed by atoms with van der Waals surface area (Å²) in [5.74, 6) is 0.215. The van der Waals surface area contributed by atoms with Gasteiger partial charge in [0.2, 0.25) is 0 Å². The molecule has 0 aliphatic heterocycles. The van der Waals surface area contributed by atoms with Gasteiger partial charge in [0.25, 0.3) is 0 Å². The predicted octanol–water partition coefficient (Wildman–Crippen LogP) is 2.54. The van der Waals surface area contributed by atoms with Gasteiger partial charge in [-0.1, -0.05) is 40.8 Å². The lowest BCUT2D eigenvalue weighted by Gasteiger charge is -1.98. The normalized spacial score (nSPS) is 10.1. The van der Waals surface area contributed by atoms with Gasteiger partial charge in [-0.25, -0.2) is 4.79 Å². The van der Waals surface area contributed by atoms with Crippen molar-refractivity contribution < 1.29 is 9.53 Å². The van der Waals surface area contributed by atoms with Crippen molar-refractivity contribution in [3.8, 4) is 5.75 Å². The number of halogens is 1. The van der Waals surface area contributed by atoms with Crippen LogP contribution < -0.4 is 4.74 Å². The smallest absolute Gasteiger partial charge is 0.336 e. The van der Waals surface area contributed by atoms with Crippen molar-refractivity contribution in [2.75, 3.05) is 0 Å². The van der Waals surface area contributed by atoms with E-state index in [1.165, 1.54) is 6.08 Å². The Kier molecular flexibility index (Phi) is 3.79. The molecule has 3 heteroatoms. The molecule has 0 N–H and O–H groups in total. The lowest BCUT2D eigenvalue weighted by Crippen LogP contribution is -2.02. The van der Waals surface area contributed by atoms with E-state index < -0.39 is 0 Å². The Labute approximate surface area is 84.4 Å². The summed E-state index contributed by atoms with van der Waals surface area (Å²) in [5.41, 5.74) is 0. The molecule has 1 aromatic rings. The predicted molar refractivity (Wildman–Crippen MR) is 55.2 cm³/mol. The first-order chi connectivity index (χ1) is 5.83. The van der Waals surface area contributed by atoms with Crippen molar-refractivity contribution in [2.45, 2.75) is 0 Å². The Bertz CT molecular complexity index is 280. The molecule has 62 valence electrons. The lowest BCUT2D eigenvalue weighted by molar-refractivity contribution is -0.128. The molecule has 0 fully saturated rings. The van der Waals surface area contributed by atoms with Crippen LogP contribution in [-0.4, -0.2) is 5.97 Å². The number of esters is 1. The molecule has 0 saturated heterocycles. The van der Waals surface area contributed by atoms with Gasteiger partial charge < -0.3 is 4.74 Å². The summed E-state index contributed by atoms with van der Waals surface area (Å²) in [5, 5.41) is 0. The molecule has 0 aliphatic carbocycles. The largest absolute Gasteiger partial charge is 0.423 e. The number of rotatable bonds is 2. The average molecular weight is 274 g/mol. The van der Waals surface area contributed by atoms with Crippen molar-refractivity contribution in [1.82, 2.24) is 0 Å². The fourth-order valence-electron chi connectivity index (χ4n) is 0.690. The highest BCUT2D eigenvalue weighted by Crippen LogP contribution is 2.08. The van der Waals surface area contributed by atoms with Gasteiger partial charge in [0.1, 0.15) is 5.75 Å². The molecule has 1 aromatic carbocycles. The standard InChI is InChI=1S/C9H7IO2/c10-7-6-9(11)12-8-4-2-1-3-5-8/h1-7H/b7-6+.